The van der Waals surface area contributed by atoms with Gasteiger partial charge in [-0.3, -0.25) is 0 Å². The molecule has 0 aliphatic rings. The van der Waals surface area contributed by atoms with Crippen LogP contribution in [0, 0.1) is 0 Å². The molecular weight excluding hydrogens is 65.7 g/mol. The van der Waals surface area contributed by atoms with Gasteiger partial charge in [0.1, 0.15) is 0 Å². The van der Waals surface area contributed by atoms with Crippen molar-refractivity contribution in [3.05, 3.63) is 0 Å². The quantitative estimate of drug-likeness (QED) is 0.403. The molecule has 0 aromatic heterocycles. The molecule has 0 fully saturated rings. The zero-order valence-electron chi connectivity index (χ0n) is 2.56. The number of rotatable bonds is 1. The molecule has 0 unspecified atom stereocenters. The molecule has 0 heterocycles. The van der Waals surface area contributed by atoms with Gasteiger partial charge in [0, 0.05) is 0 Å². The summed E-state index contributed by atoms with van der Waals surface area (Å²) in [5.74, 6) is 0. The fourth-order valence-corrected chi connectivity index (χ4v) is 0. The Hall–Kier alpha value is 0.350. The summed E-state index contributed by atoms with van der Waals surface area (Å²) < 4.78 is 0. The third kappa shape index (κ3) is 2.35. The molecule has 0 aliphatic heterocycles. The maximum atomic E-state index is 4.37. The van der Waals surface area contributed by atoms with Gasteiger partial charge in [-0.25, -0.2) is 0 Å². The normalized spacial score (nSPS) is 4.25. The predicted octanol–water partition coefficient (Wildman–Crippen LogP) is 0.470. The summed E-state index contributed by atoms with van der Waals surface area (Å²) in [7, 11) is 1.81. The van der Waals surface area contributed by atoms with Crippen LogP contribution >= 0.6 is 12.1 Å². The molecule has 0 aromatic carbocycles. The molecule has 0 nitrogen and oxygen atoms in total. The maximum absolute atomic E-state index is 4.37. The van der Waals surface area contributed by atoms with Gasteiger partial charge in [-0.05, 0) is 0 Å². The van der Waals surface area contributed by atoms with Gasteiger partial charge in [-0.2, -0.15) is 0 Å². The average molecular weight is 68.7 g/mol. The van der Waals surface area contributed by atoms with E-state index in [1.54, 1.807) is 6.05 Å². The minimum absolute atomic E-state index is 1.58. The molecule has 4 heavy (non-hydrogen) atoms. The van der Waals surface area contributed by atoms with Crippen molar-refractivity contribution in [3.63, 3.8) is 0 Å². The molecule has 0 bridgehead atoms. The second-order valence-electron chi connectivity index (χ2n) is 0.469. The topological polar surface area (TPSA) is 0 Å². The second-order valence-corrected chi connectivity index (χ2v) is 0.742. The van der Waals surface area contributed by atoms with Crippen molar-refractivity contribution in [3.8, 4) is 0 Å². The molecule has 0 amide bonds. The molecule has 0 spiro atoms. The molecule has 0 N–H and O–H groups in total. The molecule has 0 atom stereocenters. The van der Waals surface area contributed by atoms with Crippen LogP contribution in [0.25, 0.3) is 0 Å². The standard InChI is InChI=1S/CH3B2S/c1-2-3-4/h1H3. The Morgan fingerprint density at radius 2 is 2.00 bits per heavy atom. The Morgan fingerprint density at radius 3 is 2.00 bits per heavy atom. The van der Waals surface area contributed by atoms with E-state index in [0.29, 0.717) is 0 Å². The molecule has 1 radical (unpaired) electrons. The van der Waals surface area contributed by atoms with Gasteiger partial charge in [0.15, 0.2) is 0 Å². The number of hydrogen-bond donors (Lipinski definition) is 0. The fourth-order valence-electron chi connectivity index (χ4n) is 0. The molecule has 19 valence electrons. The Morgan fingerprint density at radius 1 is 1.75 bits per heavy atom. The van der Waals surface area contributed by atoms with E-state index in [9.17, 15) is 0 Å². The van der Waals surface area contributed by atoms with Gasteiger partial charge in [-0.15, -0.1) is 0 Å². The summed E-state index contributed by atoms with van der Waals surface area (Å²) in [6.45, 7) is 1.90. The molecule has 0 saturated carbocycles. The van der Waals surface area contributed by atoms with Crippen LogP contribution in [0.1, 0.15) is 0 Å². The Balaban J connectivity index is 2.30. The first-order chi connectivity index (χ1) is 1.91. The summed E-state index contributed by atoms with van der Waals surface area (Å²) in [6.07, 6.45) is 0. The zero-order valence-corrected chi connectivity index (χ0v) is 3.38. The van der Waals surface area contributed by atoms with Crippen LogP contribution in [0.15, 0.2) is 0 Å². The van der Waals surface area contributed by atoms with Crippen LogP contribution in [-0.2, 0) is 0 Å². The average Bonchev–Trinajstić information content (AvgIpc) is 1.37. The van der Waals surface area contributed by atoms with Crippen molar-refractivity contribution in [1.29, 1.82) is 0 Å². The summed E-state index contributed by atoms with van der Waals surface area (Å²) in [5, 5.41) is 0. The van der Waals surface area contributed by atoms with E-state index in [4.69, 9.17) is 0 Å². The number of hydrogen-bond acceptors (Lipinski definition) is 1. The summed E-state index contributed by atoms with van der Waals surface area (Å²) in [4.78, 5) is 0. The van der Waals surface area contributed by atoms with Crippen LogP contribution in [0.2, 0.25) is 6.82 Å². The van der Waals surface area contributed by atoms with Crippen LogP contribution in [0.3, 0.4) is 0 Å². The minimum atomic E-state index is 1.58. The van der Waals surface area contributed by atoms with Gasteiger partial charge >= 0.3 is 32.1 Å². The Kier molecular flexibility index (Phi) is 3.64. The molecular formula is CH3B2S. The molecule has 0 aromatic rings. The summed E-state index contributed by atoms with van der Waals surface area (Å²) in [5.41, 5.74) is 0. The van der Waals surface area contributed by atoms with Crippen molar-refractivity contribution >= 4 is 25.3 Å². The van der Waals surface area contributed by atoms with Crippen LogP contribution < -0.4 is 0 Å². The summed E-state index contributed by atoms with van der Waals surface area (Å²) >= 11 is 4.37. The summed E-state index contributed by atoms with van der Waals surface area (Å²) in [6, 6.07) is 1.58. The van der Waals surface area contributed by atoms with E-state index in [1.165, 1.54) is 0 Å². The van der Waals surface area contributed by atoms with Crippen molar-refractivity contribution in [1.82, 2.24) is 0 Å². The predicted molar refractivity (Wildman–Crippen MR) is 25.0 cm³/mol. The van der Waals surface area contributed by atoms with E-state index in [-0.39, 0.29) is 0 Å². The molecule has 0 rings (SSSR count). The van der Waals surface area contributed by atoms with E-state index in [0.717, 1.165) is 0 Å². The fraction of sp³-hybridized carbons (Fsp3) is 1.00. The van der Waals surface area contributed by atoms with E-state index >= 15 is 0 Å². The van der Waals surface area contributed by atoms with Gasteiger partial charge in [0.05, 0.1) is 0 Å². The first-order valence-corrected chi connectivity index (χ1v) is 1.62. The van der Waals surface area contributed by atoms with E-state index in [2.05, 4.69) is 12.1 Å². The van der Waals surface area contributed by atoms with Gasteiger partial charge in [0.25, 0.3) is 0 Å². The van der Waals surface area contributed by atoms with Crippen molar-refractivity contribution < 1.29 is 0 Å². The van der Waals surface area contributed by atoms with Crippen molar-refractivity contribution in [2.24, 2.45) is 0 Å². The molecule has 0 saturated heterocycles. The van der Waals surface area contributed by atoms with Crippen molar-refractivity contribution in [2.45, 2.75) is 6.82 Å². The van der Waals surface area contributed by atoms with Gasteiger partial charge in [-0.1, -0.05) is 0 Å². The van der Waals surface area contributed by atoms with E-state index < -0.39 is 0 Å². The molecule has 0 aliphatic carbocycles. The Labute approximate surface area is 32.9 Å². The third-order valence-corrected chi connectivity index (χ3v) is 0.408. The zero-order chi connectivity index (χ0) is 3.41. The van der Waals surface area contributed by atoms with Gasteiger partial charge < -0.3 is 0 Å². The SMILES string of the molecule is C[B]B=S. The molecule has 3 heteroatoms. The monoisotopic (exact) mass is 69.0 g/mol. The van der Waals surface area contributed by atoms with Crippen LogP contribution in [0.4, 0.5) is 0 Å². The Bertz CT molecular complexity index is 20.0. The van der Waals surface area contributed by atoms with Gasteiger partial charge in [0.2, 0.25) is 0 Å². The second kappa shape index (κ2) is 3.35. The first-order valence-electron chi connectivity index (χ1n) is 1.15. The third-order valence-electron chi connectivity index (χ3n) is 0.136. The van der Waals surface area contributed by atoms with E-state index in [1.807, 2.05) is 14.0 Å². The first kappa shape index (κ1) is 4.35. The van der Waals surface area contributed by atoms with Crippen LogP contribution in [-0.4, -0.2) is 13.2 Å². The van der Waals surface area contributed by atoms with Crippen molar-refractivity contribution in [2.75, 3.05) is 0 Å². The van der Waals surface area contributed by atoms with Crippen LogP contribution in [0.5, 0.6) is 0 Å².